The maximum Gasteiger partial charge on any atom is 0.219 e. The number of nitrogens with zero attached hydrogens (tertiary/aromatic N) is 1. The molecule has 1 heterocycles. The molecular formula is C14H16N2O. The van der Waals surface area contributed by atoms with Gasteiger partial charge in [0.05, 0.1) is 0 Å². The van der Waals surface area contributed by atoms with Crippen molar-refractivity contribution in [1.29, 1.82) is 0 Å². The first-order valence-electron chi connectivity index (χ1n) is 5.63. The molecule has 1 unspecified atom stereocenters. The largest absolute Gasteiger partial charge is 0.439 e. The van der Waals surface area contributed by atoms with Crippen LogP contribution >= 0.6 is 0 Å². The first kappa shape index (κ1) is 11.6. The zero-order valence-corrected chi connectivity index (χ0v) is 10.1. The van der Waals surface area contributed by atoms with E-state index in [2.05, 4.69) is 4.98 Å². The SMILES string of the molecule is Cc1nc(Oc2ccccc2)ccc1C(C)N. The molecular weight excluding hydrogens is 212 g/mol. The molecule has 0 saturated carbocycles. The minimum atomic E-state index is -0.00623. The predicted octanol–water partition coefficient (Wildman–Crippen LogP) is 3.20. The van der Waals surface area contributed by atoms with Crippen LogP contribution in [0.2, 0.25) is 0 Å². The zero-order chi connectivity index (χ0) is 12.3. The topological polar surface area (TPSA) is 48.1 Å². The second-order valence-corrected chi connectivity index (χ2v) is 4.03. The van der Waals surface area contributed by atoms with Crippen molar-refractivity contribution in [1.82, 2.24) is 4.98 Å². The van der Waals surface area contributed by atoms with Gasteiger partial charge in [0.15, 0.2) is 0 Å². The highest BCUT2D eigenvalue weighted by atomic mass is 16.5. The molecule has 0 aliphatic rings. The van der Waals surface area contributed by atoms with Gasteiger partial charge < -0.3 is 10.5 Å². The van der Waals surface area contributed by atoms with Crippen LogP contribution in [0.1, 0.15) is 24.2 Å². The average Bonchev–Trinajstić information content (AvgIpc) is 2.30. The van der Waals surface area contributed by atoms with Gasteiger partial charge in [-0.25, -0.2) is 4.98 Å². The maximum absolute atomic E-state index is 5.84. The Morgan fingerprint density at radius 3 is 2.41 bits per heavy atom. The number of ether oxygens (including phenoxy) is 1. The number of hydrogen-bond acceptors (Lipinski definition) is 3. The Bertz CT molecular complexity index is 495. The van der Waals surface area contributed by atoms with Crippen LogP contribution in [0.5, 0.6) is 11.6 Å². The molecule has 0 saturated heterocycles. The van der Waals surface area contributed by atoms with Gasteiger partial charge in [0.2, 0.25) is 5.88 Å². The molecule has 0 aliphatic heterocycles. The van der Waals surface area contributed by atoms with Crippen molar-refractivity contribution in [2.45, 2.75) is 19.9 Å². The molecule has 0 aliphatic carbocycles. The summed E-state index contributed by atoms with van der Waals surface area (Å²) in [5.41, 5.74) is 7.79. The molecule has 1 aromatic carbocycles. The number of rotatable bonds is 3. The number of para-hydroxylation sites is 1. The molecule has 0 spiro atoms. The Labute approximate surface area is 101 Å². The number of pyridine rings is 1. The number of aromatic nitrogens is 1. The summed E-state index contributed by atoms with van der Waals surface area (Å²) < 4.78 is 5.64. The van der Waals surface area contributed by atoms with Crippen LogP contribution in [0.3, 0.4) is 0 Å². The highest BCUT2D eigenvalue weighted by Crippen LogP contribution is 2.22. The molecule has 17 heavy (non-hydrogen) atoms. The summed E-state index contributed by atoms with van der Waals surface area (Å²) in [6.45, 7) is 3.89. The van der Waals surface area contributed by atoms with Crippen molar-refractivity contribution in [2.24, 2.45) is 5.73 Å². The van der Waals surface area contributed by atoms with E-state index in [1.165, 1.54) is 0 Å². The van der Waals surface area contributed by atoms with Crippen LogP contribution in [0.15, 0.2) is 42.5 Å². The number of benzene rings is 1. The van der Waals surface area contributed by atoms with Crippen LogP contribution < -0.4 is 10.5 Å². The van der Waals surface area contributed by atoms with Gasteiger partial charge in [-0.3, -0.25) is 0 Å². The first-order valence-corrected chi connectivity index (χ1v) is 5.63. The third kappa shape index (κ3) is 2.82. The van der Waals surface area contributed by atoms with Crippen LogP contribution in [0.4, 0.5) is 0 Å². The zero-order valence-electron chi connectivity index (χ0n) is 10.1. The summed E-state index contributed by atoms with van der Waals surface area (Å²) in [7, 11) is 0. The van der Waals surface area contributed by atoms with Crippen LogP contribution in [0.25, 0.3) is 0 Å². The fourth-order valence-electron chi connectivity index (χ4n) is 1.70. The second-order valence-electron chi connectivity index (χ2n) is 4.03. The number of aryl methyl sites for hydroxylation is 1. The Balaban J connectivity index is 2.21. The molecule has 2 aromatic rings. The lowest BCUT2D eigenvalue weighted by Crippen LogP contribution is -2.08. The molecule has 3 nitrogen and oxygen atoms in total. The Morgan fingerprint density at radius 1 is 1.12 bits per heavy atom. The number of nitrogens with two attached hydrogens (primary N) is 1. The monoisotopic (exact) mass is 228 g/mol. The Hall–Kier alpha value is -1.87. The van der Waals surface area contributed by atoms with E-state index in [1.54, 1.807) is 0 Å². The summed E-state index contributed by atoms with van der Waals surface area (Å²) in [6.07, 6.45) is 0. The van der Waals surface area contributed by atoms with Crippen molar-refractivity contribution in [2.75, 3.05) is 0 Å². The van der Waals surface area contributed by atoms with Crippen molar-refractivity contribution >= 4 is 0 Å². The summed E-state index contributed by atoms with van der Waals surface area (Å²) >= 11 is 0. The molecule has 3 heteroatoms. The van der Waals surface area contributed by atoms with Crippen molar-refractivity contribution in [3.05, 3.63) is 53.7 Å². The minimum absolute atomic E-state index is 0.00623. The number of hydrogen-bond donors (Lipinski definition) is 1. The van der Waals surface area contributed by atoms with Crippen molar-refractivity contribution < 1.29 is 4.74 Å². The first-order chi connectivity index (χ1) is 8.16. The summed E-state index contributed by atoms with van der Waals surface area (Å²) in [4.78, 5) is 4.39. The second kappa shape index (κ2) is 4.97. The molecule has 1 aromatic heterocycles. The fourth-order valence-corrected chi connectivity index (χ4v) is 1.70. The standard InChI is InChI=1S/C14H16N2O/c1-10(15)13-8-9-14(16-11(13)2)17-12-6-4-3-5-7-12/h3-10H,15H2,1-2H3. The third-order valence-corrected chi connectivity index (χ3v) is 2.56. The molecule has 0 amide bonds. The van der Waals surface area contributed by atoms with Gasteiger partial charge in [0.1, 0.15) is 5.75 Å². The summed E-state index contributed by atoms with van der Waals surface area (Å²) in [5.74, 6) is 1.38. The van der Waals surface area contributed by atoms with E-state index in [0.29, 0.717) is 5.88 Å². The van der Waals surface area contributed by atoms with Crippen molar-refractivity contribution in [3.63, 3.8) is 0 Å². The van der Waals surface area contributed by atoms with E-state index in [-0.39, 0.29) is 6.04 Å². The molecule has 88 valence electrons. The Kier molecular flexibility index (Phi) is 3.40. The molecule has 0 radical (unpaired) electrons. The van der Waals surface area contributed by atoms with Crippen LogP contribution in [-0.2, 0) is 0 Å². The maximum atomic E-state index is 5.84. The van der Waals surface area contributed by atoms with Gasteiger partial charge in [-0.1, -0.05) is 24.3 Å². The lowest BCUT2D eigenvalue weighted by Gasteiger charge is -2.11. The van der Waals surface area contributed by atoms with Gasteiger partial charge in [-0.2, -0.15) is 0 Å². The molecule has 0 bridgehead atoms. The van der Waals surface area contributed by atoms with E-state index >= 15 is 0 Å². The average molecular weight is 228 g/mol. The molecule has 0 fully saturated rings. The quantitative estimate of drug-likeness (QED) is 0.877. The summed E-state index contributed by atoms with van der Waals surface area (Å²) in [5, 5.41) is 0. The highest BCUT2D eigenvalue weighted by Gasteiger charge is 2.06. The van der Waals surface area contributed by atoms with Gasteiger partial charge in [-0.15, -0.1) is 0 Å². The fraction of sp³-hybridized carbons (Fsp3) is 0.214. The van der Waals surface area contributed by atoms with E-state index in [0.717, 1.165) is 17.0 Å². The van der Waals surface area contributed by atoms with Crippen LogP contribution in [-0.4, -0.2) is 4.98 Å². The van der Waals surface area contributed by atoms with Gasteiger partial charge >= 0.3 is 0 Å². The third-order valence-electron chi connectivity index (χ3n) is 2.56. The lowest BCUT2D eigenvalue weighted by atomic mass is 10.1. The van der Waals surface area contributed by atoms with E-state index in [1.807, 2.05) is 56.3 Å². The molecule has 2 N–H and O–H groups in total. The van der Waals surface area contributed by atoms with Crippen LogP contribution in [0, 0.1) is 6.92 Å². The Morgan fingerprint density at radius 2 is 1.82 bits per heavy atom. The van der Waals surface area contributed by atoms with Gasteiger partial charge in [0.25, 0.3) is 0 Å². The lowest BCUT2D eigenvalue weighted by molar-refractivity contribution is 0.461. The van der Waals surface area contributed by atoms with E-state index < -0.39 is 0 Å². The normalized spacial score (nSPS) is 12.2. The minimum Gasteiger partial charge on any atom is -0.439 e. The van der Waals surface area contributed by atoms with E-state index in [9.17, 15) is 0 Å². The van der Waals surface area contributed by atoms with E-state index in [4.69, 9.17) is 10.5 Å². The van der Waals surface area contributed by atoms with Crippen molar-refractivity contribution in [3.8, 4) is 11.6 Å². The summed E-state index contributed by atoms with van der Waals surface area (Å²) in [6, 6.07) is 13.4. The molecule has 1 atom stereocenters. The highest BCUT2D eigenvalue weighted by molar-refractivity contribution is 5.31. The molecule has 2 rings (SSSR count). The van der Waals surface area contributed by atoms with Gasteiger partial charge in [0, 0.05) is 17.8 Å². The van der Waals surface area contributed by atoms with Gasteiger partial charge in [-0.05, 0) is 31.5 Å². The predicted molar refractivity (Wildman–Crippen MR) is 68.1 cm³/mol. The smallest absolute Gasteiger partial charge is 0.219 e.